The minimum Gasteiger partial charge on any atom is -0.451 e. The first kappa shape index (κ1) is 19.7. The summed E-state index contributed by atoms with van der Waals surface area (Å²) in [6.07, 6.45) is 0.780. The molecule has 2 aromatic carbocycles. The standard InChI is InChI=1S/C22H21N3O2S2/c1-14-6-5-7-16(12-14)10-11-23-21(26)20-18(13-28-22-25-24-15(2)29-22)17-8-3-4-9-19(17)27-20/h3-9,12H,10-11,13H2,1-2H3,(H,23,26). The average molecular weight is 424 g/mol. The van der Waals surface area contributed by atoms with Gasteiger partial charge in [0.2, 0.25) is 0 Å². The van der Waals surface area contributed by atoms with E-state index in [2.05, 4.69) is 40.6 Å². The summed E-state index contributed by atoms with van der Waals surface area (Å²) in [4.78, 5) is 12.9. The van der Waals surface area contributed by atoms with Crippen molar-refractivity contribution in [1.82, 2.24) is 15.5 Å². The fourth-order valence-corrected chi connectivity index (χ4v) is 5.01. The largest absolute Gasteiger partial charge is 0.451 e. The molecule has 0 atom stereocenters. The van der Waals surface area contributed by atoms with Crippen molar-refractivity contribution >= 4 is 40.0 Å². The van der Waals surface area contributed by atoms with Crippen molar-refractivity contribution in [3.63, 3.8) is 0 Å². The maximum absolute atomic E-state index is 12.9. The molecule has 148 valence electrons. The lowest BCUT2D eigenvalue weighted by molar-refractivity contribution is 0.0927. The molecule has 4 rings (SSSR count). The van der Waals surface area contributed by atoms with Crippen molar-refractivity contribution in [2.75, 3.05) is 6.54 Å². The van der Waals surface area contributed by atoms with E-state index in [1.807, 2.05) is 37.3 Å². The minimum absolute atomic E-state index is 0.183. The maximum atomic E-state index is 12.9. The second-order valence-electron chi connectivity index (χ2n) is 6.78. The molecule has 0 radical (unpaired) electrons. The lowest BCUT2D eigenvalue weighted by Crippen LogP contribution is -2.26. The Morgan fingerprint density at radius 3 is 2.79 bits per heavy atom. The molecule has 0 bridgehead atoms. The van der Waals surface area contributed by atoms with Gasteiger partial charge < -0.3 is 9.73 Å². The Morgan fingerprint density at radius 2 is 2.00 bits per heavy atom. The highest BCUT2D eigenvalue weighted by molar-refractivity contribution is 8.00. The summed E-state index contributed by atoms with van der Waals surface area (Å²) in [5.41, 5.74) is 4.04. The molecule has 0 saturated heterocycles. The summed E-state index contributed by atoms with van der Waals surface area (Å²) in [6.45, 7) is 4.56. The average Bonchev–Trinajstić information content (AvgIpc) is 3.29. The summed E-state index contributed by atoms with van der Waals surface area (Å²) in [7, 11) is 0. The molecule has 0 saturated carbocycles. The SMILES string of the molecule is Cc1cccc(CCNC(=O)c2oc3ccccc3c2CSc2nnc(C)s2)c1. The first-order chi connectivity index (χ1) is 14.1. The molecule has 0 aliphatic rings. The number of amides is 1. The molecule has 2 heterocycles. The Kier molecular flexibility index (Phi) is 5.97. The smallest absolute Gasteiger partial charge is 0.287 e. The van der Waals surface area contributed by atoms with Crippen LogP contribution in [-0.2, 0) is 12.2 Å². The van der Waals surface area contributed by atoms with Crippen LogP contribution in [0.1, 0.15) is 32.3 Å². The molecule has 1 amide bonds. The van der Waals surface area contributed by atoms with E-state index < -0.39 is 0 Å². The minimum atomic E-state index is -0.183. The van der Waals surface area contributed by atoms with Gasteiger partial charge in [0, 0.05) is 23.2 Å². The highest BCUT2D eigenvalue weighted by atomic mass is 32.2. The molecule has 2 aromatic heterocycles. The van der Waals surface area contributed by atoms with Crippen LogP contribution in [0.5, 0.6) is 0 Å². The molecule has 0 fully saturated rings. The molecule has 4 aromatic rings. The van der Waals surface area contributed by atoms with Gasteiger partial charge in [-0.05, 0) is 31.9 Å². The number of rotatable bonds is 7. The molecule has 0 aliphatic heterocycles. The van der Waals surface area contributed by atoms with Crippen molar-refractivity contribution in [3.8, 4) is 0 Å². The van der Waals surface area contributed by atoms with E-state index in [4.69, 9.17) is 4.42 Å². The molecule has 5 nitrogen and oxygen atoms in total. The topological polar surface area (TPSA) is 68.0 Å². The van der Waals surface area contributed by atoms with Gasteiger partial charge in [0.15, 0.2) is 10.1 Å². The number of carbonyl (C=O) groups is 1. The zero-order valence-electron chi connectivity index (χ0n) is 16.3. The van der Waals surface area contributed by atoms with Crippen LogP contribution in [0.3, 0.4) is 0 Å². The Hall–Kier alpha value is -2.64. The zero-order valence-corrected chi connectivity index (χ0v) is 17.9. The maximum Gasteiger partial charge on any atom is 0.287 e. The second kappa shape index (κ2) is 8.80. The van der Waals surface area contributed by atoms with Gasteiger partial charge in [-0.25, -0.2) is 0 Å². The van der Waals surface area contributed by atoms with Crippen LogP contribution in [0.2, 0.25) is 0 Å². The van der Waals surface area contributed by atoms with Crippen molar-refractivity contribution < 1.29 is 9.21 Å². The van der Waals surface area contributed by atoms with Gasteiger partial charge >= 0.3 is 0 Å². The number of para-hydroxylation sites is 1. The van der Waals surface area contributed by atoms with Crippen molar-refractivity contribution in [2.45, 2.75) is 30.4 Å². The molecule has 7 heteroatoms. The number of carbonyl (C=O) groups excluding carboxylic acids is 1. The predicted octanol–water partition coefficient (Wildman–Crippen LogP) is 5.17. The van der Waals surface area contributed by atoms with Crippen LogP contribution >= 0.6 is 23.1 Å². The third-order valence-corrected chi connectivity index (χ3v) is 6.53. The Balaban J connectivity index is 1.50. The van der Waals surface area contributed by atoms with E-state index >= 15 is 0 Å². The Morgan fingerprint density at radius 1 is 1.14 bits per heavy atom. The first-order valence-corrected chi connectivity index (χ1v) is 11.2. The van der Waals surface area contributed by atoms with Gasteiger partial charge in [0.05, 0.1) is 0 Å². The first-order valence-electron chi connectivity index (χ1n) is 9.37. The van der Waals surface area contributed by atoms with Gasteiger partial charge in [-0.15, -0.1) is 10.2 Å². The van der Waals surface area contributed by atoms with E-state index in [9.17, 15) is 4.79 Å². The van der Waals surface area contributed by atoms with Crippen LogP contribution in [0.25, 0.3) is 11.0 Å². The number of benzene rings is 2. The molecular formula is C22H21N3O2S2. The molecular weight excluding hydrogens is 402 g/mol. The third-order valence-electron chi connectivity index (χ3n) is 4.53. The lowest BCUT2D eigenvalue weighted by Gasteiger charge is -2.06. The highest BCUT2D eigenvalue weighted by Gasteiger charge is 2.20. The fourth-order valence-electron chi connectivity index (χ4n) is 3.16. The fraction of sp³-hybridized carbons (Fsp3) is 0.227. The number of fused-ring (bicyclic) bond motifs is 1. The quantitative estimate of drug-likeness (QED) is 0.416. The zero-order chi connectivity index (χ0) is 20.2. The normalized spacial score (nSPS) is 11.1. The predicted molar refractivity (Wildman–Crippen MR) is 118 cm³/mol. The van der Waals surface area contributed by atoms with E-state index in [1.54, 1.807) is 23.1 Å². The van der Waals surface area contributed by atoms with Gasteiger partial charge in [0.25, 0.3) is 5.91 Å². The summed E-state index contributed by atoms with van der Waals surface area (Å²) >= 11 is 3.12. The number of hydrogen-bond donors (Lipinski definition) is 1. The number of furan rings is 1. The number of aryl methyl sites for hydroxylation is 2. The van der Waals surface area contributed by atoms with E-state index in [-0.39, 0.29) is 5.91 Å². The van der Waals surface area contributed by atoms with Gasteiger partial charge in [0.1, 0.15) is 10.6 Å². The number of nitrogens with zero attached hydrogens (tertiary/aromatic N) is 2. The van der Waals surface area contributed by atoms with E-state index in [0.29, 0.717) is 18.1 Å². The molecule has 0 aliphatic carbocycles. The molecule has 29 heavy (non-hydrogen) atoms. The summed E-state index contributed by atoms with van der Waals surface area (Å²) in [5.74, 6) is 0.800. The van der Waals surface area contributed by atoms with Crippen LogP contribution in [0.4, 0.5) is 0 Å². The van der Waals surface area contributed by atoms with Crippen molar-refractivity contribution in [1.29, 1.82) is 0 Å². The molecule has 1 N–H and O–H groups in total. The van der Waals surface area contributed by atoms with Crippen LogP contribution in [-0.4, -0.2) is 22.6 Å². The monoisotopic (exact) mass is 423 g/mol. The lowest BCUT2D eigenvalue weighted by atomic mass is 10.1. The summed E-state index contributed by atoms with van der Waals surface area (Å²) in [6, 6.07) is 16.1. The number of thioether (sulfide) groups is 1. The van der Waals surface area contributed by atoms with Crippen molar-refractivity contribution in [2.24, 2.45) is 0 Å². The van der Waals surface area contributed by atoms with E-state index in [1.165, 1.54) is 11.1 Å². The van der Waals surface area contributed by atoms with Crippen LogP contribution in [0, 0.1) is 13.8 Å². The molecule has 0 spiro atoms. The highest BCUT2D eigenvalue weighted by Crippen LogP contribution is 2.33. The number of aromatic nitrogens is 2. The van der Waals surface area contributed by atoms with Crippen LogP contribution < -0.4 is 5.32 Å². The third kappa shape index (κ3) is 4.68. The Bertz CT molecular complexity index is 1150. The van der Waals surface area contributed by atoms with Gasteiger partial charge in [-0.2, -0.15) is 0 Å². The van der Waals surface area contributed by atoms with Gasteiger partial charge in [-0.1, -0.05) is 71.1 Å². The molecule has 0 unspecified atom stereocenters. The van der Waals surface area contributed by atoms with E-state index in [0.717, 1.165) is 32.3 Å². The number of nitrogens with one attached hydrogen (secondary N) is 1. The van der Waals surface area contributed by atoms with Gasteiger partial charge in [-0.3, -0.25) is 4.79 Å². The second-order valence-corrected chi connectivity index (χ2v) is 9.18. The summed E-state index contributed by atoms with van der Waals surface area (Å²) < 4.78 is 6.81. The van der Waals surface area contributed by atoms with Crippen LogP contribution in [0.15, 0.2) is 57.3 Å². The van der Waals surface area contributed by atoms with Crippen molar-refractivity contribution in [3.05, 3.63) is 76.0 Å². The number of hydrogen-bond acceptors (Lipinski definition) is 6. The summed E-state index contributed by atoms with van der Waals surface area (Å²) in [5, 5.41) is 13.1. The Labute approximate surface area is 177 Å².